The summed E-state index contributed by atoms with van der Waals surface area (Å²) >= 11 is 0. The van der Waals surface area contributed by atoms with Crippen molar-refractivity contribution >= 4 is 0 Å². The van der Waals surface area contributed by atoms with Crippen LogP contribution in [0.15, 0.2) is 30.3 Å². The molecule has 1 unspecified atom stereocenters. The molecule has 2 aromatic rings. The molecule has 1 atom stereocenters. The number of fused-ring (bicyclic) bond motifs is 1. The molecule has 0 spiro atoms. The maximum absolute atomic E-state index is 10.4. The van der Waals surface area contributed by atoms with Crippen LogP contribution in [0.25, 0.3) is 0 Å². The van der Waals surface area contributed by atoms with Gasteiger partial charge in [-0.1, -0.05) is 30.3 Å². The average Bonchev–Trinajstić information content (AvgIpc) is 2.76. The SMILES string of the molecule is Cc1nc2c(n1CC(O)c1ccccc1)CCCC2. The molecule has 19 heavy (non-hydrogen) atoms. The van der Waals surface area contributed by atoms with Gasteiger partial charge in [0.05, 0.1) is 18.3 Å². The highest BCUT2D eigenvalue weighted by Crippen LogP contribution is 2.24. The molecule has 3 rings (SSSR count). The Morgan fingerprint density at radius 1 is 1.21 bits per heavy atom. The number of aliphatic hydroxyl groups is 1. The van der Waals surface area contributed by atoms with Crippen LogP contribution in [-0.2, 0) is 19.4 Å². The van der Waals surface area contributed by atoms with Gasteiger partial charge in [0.1, 0.15) is 5.82 Å². The molecule has 0 radical (unpaired) electrons. The summed E-state index contributed by atoms with van der Waals surface area (Å²) in [4.78, 5) is 4.65. The van der Waals surface area contributed by atoms with E-state index in [9.17, 15) is 5.11 Å². The first kappa shape index (κ1) is 12.4. The van der Waals surface area contributed by atoms with E-state index in [4.69, 9.17) is 0 Å². The lowest BCUT2D eigenvalue weighted by molar-refractivity contribution is 0.154. The Kier molecular flexibility index (Phi) is 3.38. The number of aliphatic hydroxyl groups excluding tert-OH is 1. The van der Waals surface area contributed by atoms with Gasteiger partial charge in [0.2, 0.25) is 0 Å². The predicted molar refractivity (Wildman–Crippen MR) is 75.0 cm³/mol. The summed E-state index contributed by atoms with van der Waals surface area (Å²) in [5, 5.41) is 10.4. The lowest BCUT2D eigenvalue weighted by Gasteiger charge is -2.18. The van der Waals surface area contributed by atoms with Crippen LogP contribution >= 0.6 is 0 Å². The van der Waals surface area contributed by atoms with Crippen molar-refractivity contribution in [3.05, 3.63) is 53.1 Å². The van der Waals surface area contributed by atoms with Crippen LogP contribution < -0.4 is 0 Å². The minimum Gasteiger partial charge on any atom is -0.387 e. The quantitative estimate of drug-likeness (QED) is 0.917. The van der Waals surface area contributed by atoms with E-state index in [1.807, 2.05) is 37.3 Å². The Morgan fingerprint density at radius 3 is 2.74 bits per heavy atom. The molecule has 0 amide bonds. The largest absolute Gasteiger partial charge is 0.387 e. The summed E-state index contributed by atoms with van der Waals surface area (Å²) < 4.78 is 2.20. The molecule has 1 heterocycles. The van der Waals surface area contributed by atoms with Gasteiger partial charge in [-0.05, 0) is 38.2 Å². The first-order chi connectivity index (χ1) is 9.25. The zero-order valence-electron chi connectivity index (χ0n) is 11.3. The van der Waals surface area contributed by atoms with Gasteiger partial charge < -0.3 is 9.67 Å². The Labute approximate surface area is 113 Å². The molecular formula is C16H20N2O. The van der Waals surface area contributed by atoms with E-state index in [0.29, 0.717) is 6.54 Å². The Bertz CT molecular complexity index is 560. The number of benzene rings is 1. The fourth-order valence-corrected chi connectivity index (χ4v) is 2.93. The second-order valence-electron chi connectivity index (χ2n) is 5.30. The van der Waals surface area contributed by atoms with Gasteiger partial charge in [-0.2, -0.15) is 0 Å². The molecule has 0 aliphatic heterocycles. The summed E-state index contributed by atoms with van der Waals surface area (Å²) in [5.74, 6) is 1.03. The van der Waals surface area contributed by atoms with Gasteiger partial charge >= 0.3 is 0 Å². The van der Waals surface area contributed by atoms with E-state index in [0.717, 1.165) is 24.2 Å². The van der Waals surface area contributed by atoms with E-state index in [2.05, 4.69) is 9.55 Å². The van der Waals surface area contributed by atoms with E-state index < -0.39 is 6.10 Å². The highest BCUT2D eigenvalue weighted by Gasteiger charge is 2.20. The van der Waals surface area contributed by atoms with Gasteiger partial charge in [-0.3, -0.25) is 0 Å². The maximum Gasteiger partial charge on any atom is 0.106 e. The number of nitrogens with zero attached hydrogens (tertiary/aromatic N) is 2. The molecule has 3 nitrogen and oxygen atoms in total. The molecule has 3 heteroatoms. The number of rotatable bonds is 3. The second kappa shape index (κ2) is 5.17. The van der Waals surface area contributed by atoms with Crippen molar-refractivity contribution < 1.29 is 5.11 Å². The molecule has 0 fully saturated rings. The Balaban J connectivity index is 1.85. The molecule has 0 saturated carbocycles. The van der Waals surface area contributed by atoms with Crippen molar-refractivity contribution in [3.63, 3.8) is 0 Å². The highest BCUT2D eigenvalue weighted by molar-refractivity contribution is 5.22. The third-order valence-electron chi connectivity index (χ3n) is 3.96. The molecule has 1 N–H and O–H groups in total. The minimum atomic E-state index is -0.458. The fraction of sp³-hybridized carbons (Fsp3) is 0.438. The standard InChI is InChI=1S/C16H20N2O/c1-12-17-14-9-5-6-10-15(14)18(12)11-16(19)13-7-3-2-4-8-13/h2-4,7-8,16,19H,5-6,9-11H2,1H3. The normalized spacial score (nSPS) is 16.1. The van der Waals surface area contributed by atoms with E-state index in [1.54, 1.807) is 0 Å². The van der Waals surface area contributed by atoms with Crippen molar-refractivity contribution in [1.29, 1.82) is 0 Å². The van der Waals surface area contributed by atoms with Crippen LogP contribution in [0, 0.1) is 6.92 Å². The summed E-state index contributed by atoms with van der Waals surface area (Å²) in [6.45, 7) is 2.65. The maximum atomic E-state index is 10.4. The predicted octanol–water partition coefficient (Wildman–Crippen LogP) is 2.80. The van der Waals surface area contributed by atoms with Crippen molar-refractivity contribution in [2.45, 2.75) is 45.3 Å². The lowest BCUT2D eigenvalue weighted by atomic mass is 10.0. The van der Waals surface area contributed by atoms with Crippen molar-refractivity contribution in [2.24, 2.45) is 0 Å². The van der Waals surface area contributed by atoms with Crippen molar-refractivity contribution in [2.75, 3.05) is 0 Å². The molecular weight excluding hydrogens is 236 g/mol. The molecule has 1 aromatic carbocycles. The molecule has 0 saturated heterocycles. The van der Waals surface area contributed by atoms with Gasteiger partial charge in [0.25, 0.3) is 0 Å². The molecule has 1 aliphatic rings. The highest BCUT2D eigenvalue weighted by atomic mass is 16.3. The van der Waals surface area contributed by atoms with Gasteiger partial charge in [-0.25, -0.2) is 4.98 Å². The van der Waals surface area contributed by atoms with E-state index in [1.165, 1.54) is 24.2 Å². The fourth-order valence-electron chi connectivity index (χ4n) is 2.93. The van der Waals surface area contributed by atoms with Crippen molar-refractivity contribution in [3.8, 4) is 0 Å². The van der Waals surface area contributed by atoms with E-state index >= 15 is 0 Å². The first-order valence-corrected chi connectivity index (χ1v) is 7.03. The zero-order chi connectivity index (χ0) is 13.2. The Morgan fingerprint density at radius 2 is 1.95 bits per heavy atom. The summed E-state index contributed by atoms with van der Waals surface area (Å²) in [6, 6.07) is 9.86. The number of aromatic nitrogens is 2. The first-order valence-electron chi connectivity index (χ1n) is 7.03. The third-order valence-corrected chi connectivity index (χ3v) is 3.96. The van der Waals surface area contributed by atoms with Crippen LogP contribution in [0.5, 0.6) is 0 Å². The summed E-state index contributed by atoms with van der Waals surface area (Å²) in [6.07, 6.45) is 4.20. The van der Waals surface area contributed by atoms with Gasteiger partial charge in [0.15, 0.2) is 0 Å². The number of aryl methyl sites for hydroxylation is 2. The van der Waals surface area contributed by atoms with Crippen LogP contribution in [0.2, 0.25) is 0 Å². The monoisotopic (exact) mass is 256 g/mol. The smallest absolute Gasteiger partial charge is 0.106 e. The average molecular weight is 256 g/mol. The van der Waals surface area contributed by atoms with Crippen LogP contribution in [0.4, 0.5) is 0 Å². The Hall–Kier alpha value is -1.61. The van der Waals surface area contributed by atoms with E-state index in [-0.39, 0.29) is 0 Å². The third kappa shape index (κ3) is 2.43. The topological polar surface area (TPSA) is 38.0 Å². The molecule has 0 bridgehead atoms. The molecule has 100 valence electrons. The van der Waals surface area contributed by atoms with Gasteiger partial charge in [-0.15, -0.1) is 0 Å². The lowest BCUT2D eigenvalue weighted by Crippen LogP contribution is -2.14. The van der Waals surface area contributed by atoms with Crippen LogP contribution in [0.1, 0.15) is 41.7 Å². The summed E-state index contributed by atoms with van der Waals surface area (Å²) in [7, 11) is 0. The van der Waals surface area contributed by atoms with Crippen LogP contribution in [-0.4, -0.2) is 14.7 Å². The number of hydrogen-bond donors (Lipinski definition) is 1. The zero-order valence-corrected chi connectivity index (χ0v) is 11.3. The number of hydrogen-bond acceptors (Lipinski definition) is 2. The second-order valence-corrected chi connectivity index (χ2v) is 5.30. The van der Waals surface area contributed by atoms with Crippen molar-refractivity contribution in [1.82, 2.24) is 9.55 Å². The molecule has 1 aromatic heterocycles. The van der Waals surface area contributed by atoms with Gasteiger partial charge in [0, 0.05) is 5.69 Å². The number of imidazole rings is 1. The minimum absolute atomic E-state index is 0.458. The molecule has 1 aliphatic carbocycles. The summed E-state index contributed by atoms with van der Waals surface area (Å²) in [5.41, 5.74) is 3.54. The van der Waals surface area contributed by atoms with Crippen LogP contribution in [0.3, 0.4) is 0 Å².